The van der Waals surface area contributed by atoms with Crippen LogP contribution in [0.5, 0.6) is 0 Å². The van der Waals surface area contributed by atoms with Crippen LogP contribution in [0.4, 0.5) is 10.1 Å². The first kappa shape index (κ1) is 20.7. The summed E-state index contributed by atoms with van der Waals surface area (Å²) in [6.07, 6.45) is 0. The highest BCUT2D eigenvalue weighted by Gasteiger charge is 2.23. The van der Waals surface area contributed by atoms with Gasteiger partial charge in [0.15, 0.2) is 0 Å². The highest BCUT2D eigenvalue weighted by Crippen LogP contribution is 2.29. The van der Waals surface area contributed by atoms with Crippen molar-refractivity contribution in [3.8, 4) is 6.07 Å². The topological polar surface area (TPSA) is 89.8 Å². The van der Waals surface area contributed by atoms with Gasteiger partial charge in [-0.2, -0.15) is 5.26 Å². The fraction of sp³-hybridized carbons (Fsp3) is 0.0909. The molecular formula is C22H14ClFN4O2S. The SMILES string of the molecule is Cc1ncsc1C(=O)N(Cc1cc(=O)[nH]c2cc(F)ccc12)c1ccc(C#N)c(Cl)c1. The molecule has 1 amide bonds. The van der Waals surface area contributed by atoms with Crippen LogP contribution in [0.25, 0.3) is 10.9 Å². The van der Waals surface area contributed by atoms with Gasteiger partial charge in [-0.05, 0) is 48.9 Å². The Labute approximate surface area is 185 Å². The van der Waals surface area contributed by atoms with Gasteiger partial charge < -0.3 is 9.88 Å². The van der Waals surface area contributed by atoms with Crippen LogP contribution in [-0.4, -0.2) is 15.9 Å². The van der Waals surface area contributed by atoms with E-state index in [0.29, 0.717) is 32.7 Å². The number of nitriles is 1. The van der Waals surface area contributed by atoms with Gasteiger partial charge in [-0.3, -0.25) is 9.59 Å². The van der Waals surface area contributed by atoms with Gasteiger partial charge in [0.1, 0.15) is 16.8 Å². The second kappa shape index (κ2) is 8.30. The van der Waals surface area contributed by atoms with Crippen LogP contribution >= 0.6 is 22.9 Å². The van der Waals surface area contributed by atoms with E-state index < -0.39 is 11.4 Å². The quantitative estimate of drug-likeness (QED) is 0.481. The van der Waals surface area contributed by atoms with E-state index in [1.807, 2.05) is 6.07 Å². The second-order valence-electron chi connectivity index (χ2n) is 6.78. The molecule has 154 valence electrons. The maximum Gasteiger partial charge on any atom is 0.270 e. The number of carbonyl (C=O) groups is 1. The summed E-state index contributed by atoms with van der Waals surface area (Å²) in [5, 5.41) is 9.98. The maximum absolute atomic E-state index is 13.7. The minimum Gasteiger partial charge on any atom is -0.322 e. The number of anilines is 1. The lowest BCUT2D eigenvalue weighted by Crippen LogP contribution is -2.31. The van der Waals surface area contributed by atoms with Crippen LogP contribution in [-0.2, 0) is 6.54 Å². The Kier molecular flexibility index (Phi) is 5.55. The summed E-state index contributed by atoms with van der Waals surface area (Å²) in [4.78, 5) is 34.3. The molecule has 9 heteroatoms. The van der Waals surface area contributed by atoms with Crippen molar-refractivity contribution in [2.24, 2.45) is 0 Å². The number of benzene rings is 2. The molecule has 0 aliphatic carbocycles. The van der Waals surface area contributed by atoms with E-state index in [1.165, 1.54) is 46.6 Å². The van der Waals surface area contributed by atoms with Crippen molar-refractivity contribution >= 4 is 45.4 Å². The Morgan fingerprint density at radius 1 is 1.29 bits per heavy atom. The highest BCUT2D eigenvalue weighted by atomic mass is 35.5. The van der Waals surface area contributed by atoms with Gasteiger partial charge in [0, 0.05) is 17.1 Å². The number of H-pyrrole nitrogens is 1. The van der Waals surface area contributed by atoms with E-state index in [2.05, 4.69) is 9.97 Å². The number of aromatic amines is 1. The van der Waals surface area contributed by atoms with Crippen LogP contribution in [0.1, 0.15) is 26.5 Å². The summed E-state index contributed by atoms with van der Waals surface area (Å²) >= 11 is 7.41. The lowest BCUT2D eigenvalue weighted by Gasteiger charge is -2.24. The van der Waals surface area contributed by atoms with Gasteiger partial charge in [-0.1, -0.05) is 11.6 Å². The van der Waals surface area contributed by atoms with Crippen molar-refractivity contribution in [2.45, 2.75) is 13.5 Å². The maximum atomic E-state index is 13.7. The molecule has 0 atom stereocenters. The predicted octanol–water partition coefficient (Wildman–Crippen LogP) is 4.80. The first-order valence-electron chi connectivity index (χ1n) is 9.10. The third-order valence-corrected chi connectivity index (χ3v) is 6.02. The molecular weight excluding hydrogens is 439 g/mol. The molecule has 31 heavy (non-hydrogen) atoms. The number of hydrogen-bond acceptors (Lipinski definition) is 5. The molecule has 0 bridgehead atoms. The zero-order valence-electron chi connectivity index (χ0n) is 16.1. The predicted molar refractivity (Wildman–Crippen MR) is 118 cm³/mol. The monoisotopic (exact) mass is 452 g/mol. The Balaban J connectivity index is 1.86. The van der Waals surface area contributed by atoms with Gasteiger partial charge in [-0.25, -0.2) is 9.37 Å². The summed E-state index contributed by atoms with van der Waals surface area (Å²) in [7, 11) is 0. The van der Waals surface area contributed by atoms with Gasteiger partial charge in [0.05, 0.1) is 33.9 Å². The number of fused-ring (bicyclic) bond motifs is 1. The third-order valence-electron chi connectivity index (χ3n) is 4.79. The number of aryl methyl sites for hydroxylation is 1. The van der Waals surface area contributed by atoms with Gasteiger partial charge in [0.2, 0.25) is 5.56 Å². The summed E-state index contributed by atoms with van der Waals surface area (Å²) in [5.41, 5.74) is 3.36. The molecule has 4 aromatic rings. The van der Waals surface area contributed by atoms with E-state index in [0.717, 1.165) is 0 Å². The number of pyridine rings is 1. The highest BCUT2D eigenvalue weighted by molar-refractivity contribution is 7.12. The number of amides is 1. The van der Waals surface area contributed by atoms with Crippen LogP contribution < -0.4 is 10.5 Å². The number of aromatic nitrogens is 2. The first-order valence-corrected chi connectivity index (χ1v) is 10.4. The molecule has 0 fully saturated rings. The van der Waals surface area contributed by atoms with E-state index in [1.54, 1.807) is 24.6 Å². The number of halogens is 2. The number of hydrogen-bond donors (Lipinski definition) is 1. The van der Waals surface area contributed by atoms with Crippen molar-refractivity contribution in [3.63, 3.8) is 0 Å². The molecule has 0 saturated heterocycles. The van der Waals surface area contributed by atoms with Crippen molar-refractivity contribution < 1.29 is 9.18 Å². The Bertz CT molecular complexity index is 1420. The normalized spacial score (nSPS) is 10.8. The van der Waals surface area contributed by atoms with Crippen LogP contribution in [0.15, 0.2) is 52.8 Å². The van der Waals surface area contributed by atoms with E-state index in [4.69, 9.17) is 16.9 Å². The molecule has 0 spiro atoms. The number of carbonyl (C=O) groups excluding carboxylic acids is 1. The number of nitrogens with zero attached hydrogens (tertiary/aromatic N) is 3. The van der Waals surface area contributed by atoms with Gasteiger partial charge >= 0.3 is 0 Å². The molecule has 1 N–H and O–H groups in total. The number of thiazole rings is 1. The van der Waals surface area contributed by atoms with Crippen molar-refractivity contribution in [1.29, 1.82) is 5.26 Å². The summed E-state index contributed by atoms with van der Waals surface area (Å²) < 4.78 is 13.7. The van der Waals surface area contributed by atoms with E-state index in [9.17, 15) is 14.0 Å². The van der Waals surface area contributed by atoms with Crippen LogP contribution in [0.3, 0.4) is 0 Å². The Morgan fingerprint density at radius 2 is 2.10 bits per heavy atom. The molecule has 0 radical (unpaired) electrons. The van der Waals surface area contributed by atoms with Gasteiger partial charge in [0.25, 0.3) is 5.91 Å². The molecule has 0 aliphatic heterocycles. The minimum atomic E-state index is -0.479. The summed E-state index contributed by atoms with van der Waals surface area (Å²) in [5.74, 6) is -0.802. The Morgan fingerprint density at radius 3 is 2.77 bits per heavy atom. The average Bonchev–Trinajstić information content (AvgIpc) is 3.16. The Hall–Kier alpha value is -3.54. The smallest absolute Gasteiger partial charge is 0.270 e. The molecule has 2 heterocycles. The molecule has 2 aromatic carbocycles. The average molecular weight is 453 g/mol. The lowest BCUT2D eigenvalue weighted by atomic mass is 10.1. The first-order chi connectivity index (χ1) is 14.9. The number of rotatable bonds is 4. The fourth-order valence-electron chi connectivity index (χ4n) is 3.28. The molecule has 6 nitrogen and oxygen atoms in total. The van der Waals surface area contributed by atoms with Crippen molar-refractivity contribution in [3.05, 3.63) is 90.9 Å². The third kappa shape index (κ3) is 4.06. The molecule has 0 aliphatic rings. The van der Waals surface area contributed by atoms with E-state index in [-0.39, 0.29) is 23.0 Å². The molecule has 0 unspecified atom stereocenters. The van der Waals surface area contributed by atoms with Crippen molar-refractivity contribution in [2.75, 3.05) is 4.90 Å². The van der Waals surface area contributed by atoms with Crippen LogP contribution in [0, 0.1) is 24.1 Å². The molecule has 0 saturated carbocycles. The molecule has 4 rings (SSSR count). The summed E-state index contributed by atoms with van der Waals surface area (Å²) in [6, 6.07) is 12.1. The molecule has 2 aromatic heterocycles. The summed E-state index contributed by atoms with van der Waals surface area (Å²) in [6.45, 7) is 1.77. The standard InChI is InChI=1S/C22H14ClFN4O2S/c1-12-21(31-11-26-12)22(30)28(16-4-2-13(9-25)18(23)8-16)10-14-6-20(29)27-19-7-15(24)3-5-17(14)19/h2-8,11H,10H2,1H3,(H,27,29). The minimum absolute atomic E-state index is 0.0322. The van der Waals surface area contributed by atoms with E-state index >= 15 is 0 Å². The largest absolute Gasteiger partial charge is 0.322 e. The van der Waals surface area contributed by atoms with Crippen LogP contribution in [0.2, 0.25) is 5.02 Å². The lowest BCUT2D eigenvalue weighted by molar-refractivity contribution is 0.0988. The van der Waals surface area contributed by atoms with Gasteiger partial charge in [-0.15, -0.1) is 11.3 Å². The zero-order chi connectivity index (χ0) is 22.1. The fourth-order valence-corrected chi connectivity index (χ4v) is 4.25. The second-order valence-corrected chi connectivity index (χ2v) is 8.04. The zero-order valence-corrected chi connectivity index (χ0v) is 17.7. The number of nitrogens with one attached hydrogen (secondary N) is 1. The van der Waals surface area contributed by atoms with Crippen molar-refractivity contribution in [1.82, 2.24) is 9.97 Å².